The lowest BCUT2D eigenvalue weighted by Crippen LogP contribution is -2.42. The van der Waals surface area contributed by atoms with Gasteiger partial charge in [0.2, 0.25) is 0 Å². The minimum atomic E-state index is -0.420. The highest BCUT2D eigenvalue weighted by Gasteiger charge is 2.64. The van der Waals surface area contributed by atoms with Crippen LogP contribution in [0.2, 0.25) is 0 Å². The lowest BCUT2D eigenvalue weighted by molar-refractivity contribution is -0.127. The molecule has 104 valence electrons. The second kappa shape index (κ2) is 4.42. The summed E-state index contributed by atoms with van der Waals surface area (Å²) in [5.41, 5.74) is -0.416. The highest BCUT2D eigenvalue weighted by Crippen LogP contribution is 2.51. The zero-order valence-corrected chi connectivity index (χ0v) is 11.0. The summed E-state index contributed by atoms with van der Waals surface area (Å²) >= 11 is 0. The summed E-state index contributed by atoms with van der Waals surface area (Å²) in [6, 6.07) is 0. The van der Waals surface area contributed by atoms with Crippen LogP contribution >= 0.6 is 0 Å². The van der Waals surface area contributed by atoms with Crippen LogP contribution in [0.4, 0.5) is 0 Å². The smallest absolute Gasteiger partial charge is 0.170 e. The third-order valence-electron chi connectivity index (χ3n) is 4.44. The average molecular weight is 266 g/mol. The molecule has 1 saturated carbocycles. The largest absolute Gasteiger partial charge is 0.511 e. The minimum absolute atomic E-state index is 0.00378. The predicted molar refractivity (Wildman–Crippen MR) is 65.7 cm³/mol. The van der Waals surface area contributed by atoms with Gasteiger partial charge in [-0.3, -0.25) is 9.59 Å². The molecule has 5 nitrogen and oxygen atoms in total. The van der Waals surface area contributed by atoms with Crippen LogP contribution in [-0.4, -0.2) is 41.6 Å². The van der Waals surface area contributed by atoms with Crippen LogP contribution in [-0.2, 0) is 19.1 Å². The lowest BCUT2D eigenvalue weighted by Gasteiger charge is -2.30. The minimum Gasteiger partial charge on any atom is -0.511 e. The van der Waals surface area contributed by atoms with Crippen molar-refractivity contribution in [3.63, 3.8) is 0 Å². The molecule has 0 aromatic heterocycles. The third kappa shape index (κ3) is 1.92. The number of aliphatic hydroxyl groups is 1. The SMILES string of the molecule is CCC(O)=C1C(=O)CC(C23COCCC2O3)CC1=O. The van der Waals surface area contributed by atoms with E-state index in [0.717, 1.165) is 6.42 Å². The summed E-state index contributed by atoms with van der Waals surface area (Å²) in [5, 5.41) is 9.68. The van der Waals surface area contributed by atoms with Crippen molar-refractivity contribution >= 4 is 11.6 Å². The number of rotatable bonds is 2. The van der Waals surface area contributed by atoms with E-state index in [0.29, 0.717) is 19.6 Å². The average Bonchev–Trinajstić information content (AvgIpc) is 3.13. The predicted octanol–water partition coefficient (Wildman–Crippen LogP) is 1.31. The Labute approximate surface area is 111 Å². The van der Waals surface area contributed by atoms with Gasteiger partial charge in [0.15, 0.2) is 11.6 Å². The van der Waals surface area contributed by atoms with Crippen LogP contribution in [0.3, 0.4) is 0 Å². The van der Waals surface area contributed by atoms with Gasteiger partial charge in [-0.2, -0.15) is 0 Å². The van der Waals surface area contributed by atoms with Gasteiger partial charge >= 0.3 is 0 Å². The highest BCUT2D eigenvalue weighted by atomic mass is 16.6. The molecule has 3 rings (SSSR count). The molecule has 0 spiro atoms. The van der Waals surface area contributed by atoms with E-state index < -0.39 is 5.60 Å². The first-order valence-electron chi connectivity index (χ1n) is 6.82. The van der Waals surface area contributed by atoms with Gasteiger partial charge in [0.25, 0.3) is 0 Å². The van der Waals surface area contributed by atoms with Gasteiger partial charge in [0, 0.05) is 31.8 Å². The summed E-state index contributed by atoms with van der Waals surface area (Å²) in [7, 11) is 0. The molecule has 2 aliphatic heterocycles. The fourth-order valence-corrected chi connectivity index (χ4v) is 3.28. The van der Waals surface area contributed by atoms with Crippen molar-refractivity contribution in [3.8, 4) is 0 Å². The summed E-state index contributed by atoms with van der Waals surface area (Å²) in [4.78, 5) is 24.2. The van der Waals surface area contributed by atoms with E-state index in [-0.39, 0.29) is 47.8 Å². The van der Waals surface area contributed by atoms with Crippen molar-refractivity contribution in [2.45, 2.75) is 44.3 Å². The van der Waals surface area contributed by atoms with Gasteiger partial charge in [0.1, 0.15) is 11.4 Å². The molecular weight excluding hydrogens is 248 g/mol. The molecule has 2 atom stereocenters. The Balaban J connectivity index is 1.80. The normalized spacial score (nSPS) is 38.1. The van der Waals surface area contributed by atoms with Crippen LogP contribution < -0.4 is 0 Å². The standard InChI is InChI=1S/C14H18O5/c1-2-9(15)13-10(16)5-8(6-11(13)17)14-7-18-4-3-12(14)19-14/h8,12,15H,2-7H2,1H3. The number of hydrogen-bond donors (Lipinski definition) is 1. The molecule has 0 amide bonds. The molecule has 0 aromatic carbocycles. The van der Waals surface area contributed by atoms with Gasteiger partial charge < -0.3 is 14.6 Å². The fraction of sp³-hybridized carbons (Fsp3) is 0.714. The van der Waals surface area contributed by atoms with Gasteiger partial charge in [-0.25, -0.2) is 0 Å². The molecule has 0 bridgehead atoms. The second-order valence-electron chi connectivity index (χ2n) is 5.53. The number of carbonyl (C=O) groups is 2. The van der Waals surface area contributed by atoms with E-state index in [4.69, 9.17) is 9.47 Å². The van der Waals surface area contributed by atoms with Crippen LogP contribution in [0.25, 0.3) is 0 Å². The first-order valence-corrected chi connectivity index (χ1v) is 6.82. The molecule has 2 heterocycles. The Hall–Kier alpha value is -1.20. The summed E-state index contributed by atoms with van der Waals surface area (Å²) in [6.07, 6.45) is 1.82. The van der Waals surface area contributed by atoms with E-state index in [1.165, 1.54) is 0 Å². The van der Waals surface area contributed by atoms with Crippen molar-refractivity contribution < 1.29 is 24.2 Å². The molecule has 3 fully saturated rings. The molecule has 2 unspecified atom stereocenters. The van der Waals surface area contributed by atoms with Crippen molar-refractivity contribution in [1.29, 1.82) is 0 Å². The summed E-state index contributed by atoms with van der Waals surface area (Å²) in [6.45, 7) is 2.88. The van der Waals surface area contributed by atoms with Gasteiger partial charge in [-0.15, -0.1) is 0 Å². The molecule has 0 aromatic rings. The number of carbonyl (C=O) groups excluding carboxylic acids is 2. The Kier molecular flexibility index (Phi) is 2.98. The molecule has 0 radical (unpaired) electrons. The van der Waals surface area contributed by atoms with E-state index in [1.54, 1.807) is 6.92 Å². The Morgan fingerprint density at radius 1 is 1.37 bits per heavy atom. The Bertz CT molecular complexity index is 446. The highest BCUT2D eigenvalue weighted by molar-refractivity contribution is 6.22. The topological polar surface area (TPSA) is 76.1 Å². The monoisotopic (exact) mass is 266 g/mol. The second-order valence-corrected chi connectivity index (χ2v) is 5.53. The maximum atomic E-state index is 12.1. The molecular formula is C14H18O5. The van der Waals surface area contributed by atoms with Crippen LogP contribution in [0.5, 0.6) is 0 Å². The molecule has 19 heavy (non-hydrogen) atoms. The maximum absolute atomic E-state index is 12.1. The maximum Gasteiger partial charge on any atom is 0.170 e. The first kappa shape index (κ1) is 12.8. The lowest BCUT2D eigenvalue weighted by atomic mass is 9.74. The third-order valence-corrected chi connectivity index (χ3v) is 4.44. The van der Waals surface area contributed by atoms with Crippen LogP contribution in [0.1, 0.15) is 32.6 Å². The van der Waals surface area contributed by atoms with Crippen molar-refractivity contribution in [1.82, 2.24) is 0 Å². The number of aliphatic hydroxyl groups excluding tert-OH is 1. The summed E-state index contributed by atoms with van der Waals surface area (Å²) in [5.74, 6) is -0.699. The molecule has 1 aliphatic carbocycles. The first-order chi connectivity index (χ1) is 9.08. The van der Waals surface area contributed by atoms with E-state index in [9.17, 15) is 14.7 Å². The molecule has 2 saturated heterocycles. The van der Waals surface area contributed by atoms with Crippen molar-refractivity contribution in [2.24, 2.45) is 5.92 Å². The van der Waals surface area contributed by atoms with Gasteiger partial charge in [-0.1, -0.05) is 6.92 Å². The number of hydrogen-bond acceptors (Lipinski definition) is 5. The Morgan fingerprint density at radius 2 is 2.05 bits per heavy atom. The number of allylic oxidation sites excluding steroid dienone is 2. The van der Waals surface area contributed by atoms with Gasteiger partial charge in [-0.05, 0) is 6.42 Å². The number of ketones is 2. The van der Waals surface area contributed by atoms with Gasteiger partial charge in [0.05, 0.1) is 18.3 Å². The zero-order chi connectivity index (χ0) is 13.6. The Morgan fingerprint density at radius 3 is 2.63 bits per heavy atom. The van der Waals surface area contributed by atoms with Crippen LogP contribution in [0.15, 0.2) is 11.3 Å². The molecule has 3 aliphatic rings. The van der Waals surface area contributed by atoms with E-state index in [2.05, 4.69) is 0 Å². The number of fused-ring (bicyclic) bond motifs is 1. The quantitative estimate of drug-likeness (QED) is 0.353. The molecule has 5 heteroatoms. The van der Waals surface area contributed by atoms with E-state index in [1.807, 2.05) is 0 Å². The van der Waals surface area contributed by atoms with E-state index >= 15 is 0 Å². The fourth-order valence-electron chi connectivity index (χ4n) is 3.28. The summed E-state index contributed by atoms with van der Waals surface area (Å²) < 4.78 is 11.2. The van der Waals surface area contributed by atoms with Crippen molar-refractivity contribution in [3.05, 3.63) is 11.3 Å². The molecule has 1 N–H and O–H groups in total. The van der Waals surface area contributed by atoms with Crippen molar-refractivity contribution in [2.75, 3.05) is 13.2 Å². The number of ether oxygens (including phenoxy) is 2. The van der Waals surface area contributed by atoms with Crippen LogP contribution in [0, 0.1) is 5.92 Å². The zero-order valence-electron chi connectivity index (χ0n) is 11.0. The number of epoxide rings is 1. The number of Topliss-reactive ketones (excluding diaryl/α,β-unsaturated/α-hetero) is 2.